The molecule has 1 N–H and O–H groups in total. The van der Waals surface area contributed by atoms with Gasteiger partial charge in [0.25, 0.3) is 0 Å². The second kappa shape index (κ2) is 4.36. The molecule has 0 unspecified atom stereocenters. The van der Waals surface area contributed by atoms with E-state index in [1.165, 1.54) is 23.7 Å². The van der Waals surface area contributed by atoms with E-state index in [-0.39, 0.29) is 5.82 Å². The van der Waals surface area contributed by atoms with E-state index in [4.69, 9.17) is 0 Å². The molecule has 1 fully saturated rings. The maximum atomic E-state index is 13.7. The molecule has 2 aromatic rings. The Bertz CT molecular complexity index is 561. The summed E-state index contributed by atoms with van der Waals surface area (Å²) in [4.78, 5) is 8.00. The molecule has 1 aliphatic rings. The molecule has 0 aromatic carbocycles. The molecular formula is C12H14FN5. The van der Waals surface area contributed by atoms with E-state index in [2.05, 4.69) is 20.4 Å². The first-order chi connectivity index (χ1) is 8.78. The van der Waals surface area contributed by atoms with Gasteiger partial charge in [0, 0.05) is 18.7 Å². The lowest BCUT2D eigenvalue weighted by atomic mass is 10.3. The minimum atomic E-state index is -0.470. The smallest absolute Gasteiger partial charge is 0.224 e. The minimum absolute atomic E-state index is 0.188. The monoisotopic (exact) mass is 247 g/mol. The number of rotatable bonds is 4. The van der Waals surface area contributed by atoms with Crippen LogP contribution in [0, 0.1) is 5.82 Å². The zero-order valence-corrected chi connectivity index (χ0v) is 10.1. The van der Waals surface area contributed by atoms with Gasteiger partial charge < -0.3 is 5.32 Å². The van der Waals surface area contributed by atoms with Crippen molar-refractivity contribution in [2.45, 2.75) is 25.7 Å². The molecule has 0 bridgehead atoms. The third-order valence-corrected chi connectivity index (χ3v) is 2.88. The molecule has 0 atom stereocenters. The van der Waals surface area contributed by atoms with Gasteiger partial charge in [0.05, 0.1) is 11.9 Å². The fourth-order valence-corrected chi connectivity index (χ4v) is 1.81. The van der Waals surface area contributed by atoms with Crippen molar-refractivity contribution in [3.8, 4) is 5.82 Å². The van der Waals surface area contributed by atoms with Crippen LogP contribution in [0.25, 0.3) is 5.82 Å². The lowest BCUT2D eigenvalue weighted by Crippen LogP contribution is -2.08. The van der Waals surface area contributed by atoms with Crippen molar-refractivity contribution >= 4 is 5.95 Å². The molecule has 2 aromatic heterocycles. The van der Waals surface area contributed by atoms with Crippen molar-refractivity contribution in [3.63, 3.8) is 0 Å². The van der Waals surface area contributed by atoms with Crippen LogP contribution >= 0.6 is 0 Å². The molecule has 0 aliphatic heterocycles. The summed E-state index contributed by atoms with van der Waals surface area (Å²) in [6, 6.07) is 1.92. The number of aromatic nitrogens is 4. The van der Waals surface area contributed by atoms with Crippen LogP contribution in [0.5, 0.6) is 0 Å². The van der Waals surface area contributed by atoms with Crippen molar-refractivity contribution < 1.29 is 4.39 Å². The first-order valence-corrected chi connectivity index (χ1v) is 6.10. The van der Waals surface area contributed by atoms with Crippen molar-refractivity contribution in [2.24, 2.45) is 0 Å². The van der Waals surface area contributed by atoms with E-state index in [9.17, 15) is 4.39 Å². The van der Waals surface area contributed by atoms with E-state index in [1.54, 1.807) is 6.20 Å². The van der Waals surface area contributed by atoms with Crippen LogP contribution in [0.1, 0.15) is 31.4 Å². The maximum Gasteiger partial charge on any atom is 0.224 e. The number of hydrogen-bond donors (Lipinski definition) is 1. The van der Waals surface area contributed by atoms with Gasteiger partial charge in [-0.05, 0) is 25.8 Å². The molecule has 1 aliphatic carbocycles. The zero-order valence-electron chi connectivity index (χ0n) is 10.1. The Hall–Kier alpha value is -1.98. The van der Waals surface area contributed by atoms with Gasteiger partial charge in [0.1, 0.15) is 0 Å². The van der Waals surface area contributed by atoms with Gasteiger partial charge >= 0.3 is 0 Å². The number of nitrogens with zero attached hydrogens (tertiary/aromatic N) is 4. The third-order valence-electron chi connectivity index (χ3n) is 2.88. The van der Waals surface area contributed by atoms with Gasteiger partial charge in [-0.15, -0.1) is 0 Å². The summed E-state index contributed by atoms with van der Waals surface area (Å²) in [5.41, 5.74) is 1.01. The van der Waals surface area contributed by atoms with Crippen LogP contribution < -0.4 is 5.32 Å². The average molecular weight is 247 g/mol. The first-order valence-electron chi connectivity index (χ1n) is 6.10. The predicted molar refractivity (Wildman–Crippen MR) is 65.3 cm³/mol. The molecule has 6 heteroatoms. The van der Waals surface area contributed by atoms with Crippen LogP contribution in [-0.4, -0.2) is 26.3 Å². The molecule has 0 saturated heterocycles. The topological polar surface area (TPSA) is 55.6 Å². The van der Waals surface area contributed by atoms with Gasteiger partial charge in [-0.2, -0.15) is 10.1 Å². The molecule has 1 saturated carbocycles. The van der Waals surface area contributed by atoms with Crippen LogP contribution in [0.3, 0.4) is 0 Å². The SMILES string of the molecule is CCNc1ncc(F)c(-n2ccc(C3CC3)n2)n1. The highest BCUT2D eigenvalue weighted by Gasteiger charge is 2.26. The van der Waals surface area contributed by atoms with Gasteiger partial charge in [-0.25, -0.2) is 14.1 Å². The molecule has 5 nitrogen and oxygen atoms in total. The maximum absolute atomic E-state index is 13.7. The number of nitrogens with one attached hydrogen (secondary N) is 1. The summed E-state index contributed by atoms with van der Waals surface area (Å²) >= 11 is 0. The summed E-state index contributed by atoms with van der Waals surface area (Å²) in [5.74, 6) is 0.678. The quantitative estimate of drug-likeness (QED) is 0.899. The highest BCUT2D eigenvalue weighted by molar-refractivity contribution is 5.33. The Morgan fingerprint density at radius 2 is 2.33 bits per heavy atom. The average Bonchev–Trinajstić information content (AvgIpc) is 3.11. The number of halogens is 1. The van der Waals surface area contributed by atoms with Gasteiger partial charge in [-0.3, -0.25) is 0 Å². The van der Waals surface area contributed by atoms with E-state index in [0.717, 1.165) is 5.69 Å². The van der Waals surface area contributed by atoms with Gasteiger partial charge in [-0.1, -0.05) is 0 Å². The molecule has 3 rings (SSSR count). The van der Waals surface area contributed by atoms with E-state index < -0.39 is 5.82 Å². The lowest BCUT2D eigenvalue weighted by molar-refractivity contribution is 0.592. The Kier molecular flexibility index (Phi) is 2.70. The highest BCUT2D eigenvalue weighted by Crippen LogP contribution is 2.39. The summed E-state index contributed by atoms with van der Waals surface area (Å²) in [7, 11) is 0. The number of anilines is 1. The second-order valence-corrected chi connectivity index (χ2v) is 4.35. The normalized spacial score (nSPS) is 14.8. The van der Waals surface area contributed by atoms with E-state index in [1.807, 2.05) is 13.0 Å². The fraction of sp³-hybridized carbons (Fsp3) is 0.417. The molecule has 0 amide bonds. The van der Waals surface area contributed by atoms with Crippen molar-refractivity contribution in [2.75, 3.05) is 11.9 Å². The van der Waals surface area contributed by atoms with E-state index >= 15 is 0 Å². The predicted octanol–water partition coefficient (Wildman–Crippen LogP) is 2.11. The summed E-state index contributed by atoms with van der Waals surface area (Å²) < 4.78 is 15.2. The standard InChI is InChI=1S/C12H14FN5/c1-2-14-12-15-7-9(13)11(16-12)18-6-5-10(17-18)8-3-4-8/h5-8H,2-4H2,1H3,(H,14,15,16). The number of hydrogen-bond acceptors (Lipinski definition) is 4. The molecule has 18 heavy (non-hydrogen) atoms. The highest BCUT2D eigenvalue weighted by atomic mass is 19.1. The molecular weight excluding hydrogens is 233 g/mol. The first kappa shape index (κ1) is 11.1. The van der Waals surface area contributed by atoms with Crippen LogP contribution in [0.4, 0.5) is 10.3 Å². The molecule has 0 radical (unpaired) electrons. The Balaban J connectivity index is 1.95. The van der Waals surface area contributed by atoms with Crippen molar-refractivity contribution in [1.29, 1.82) is 0 Å². The molecule has 0 spiro atoms. The van der Waals surface area contributed by atoms with Crippen molar-refractivity contribution in [3.05, 3.63) is 30.0 Å². The van der Waals surface area contributed by atoms with E-state index in [0.29, 0.717) is 18.4 Å². The lowest BCUT2D eigenvalue weighted by Gasteiger charge is -2.05. The van der Waals surface area contributed by atoms with Crippen molar-refractivity contribution in [1.82, 2.24) is 19.7 Å². The fourth-order valence-electron chi connectivity index (χ4n) is 1.81. The Labute approximate surface area is 104 Å². The van der Waals surface area contributed by atoms with Crippen LogP contribution in [0.2, 0.25) is 0 Å². The van der Waals surface area contributed by atoms with Crippen LogP contribution in [0.15, 0.2) is 18.5 Å². The minimum Gasteiger partial charge on any atom is -0.354 e. The van der Waals surface area contributed by atoms with Gasteiger partial charge in [0.15, 0.2) is 11.6 Å². The Morgan fingerprint density at radius 3 is 3.06 bits per heavy atom. The summed E-state index contributed by atoms with van der Waals surface area (Å²) in [6.07, 6.45) is 5.26. The Morgan fingerprint density at radius 1 is 1.50 bits per heavy atom. The zero-order chi connectivity index (χ0) is 12.5. The largest absolute Gasteiger partial charge is 0.354 e. The van der Waals surface area contributed by atoms with Crippen LogP contribution in [-0.2, 0) is 0 Å². The molecule has 94 valence electrons. The van der Waals surface area contributed by atoms with Gasteiger partial charge in [0.2, 0.25) is 5.95 Å². The third kappa shape index (κ3) is 2.05. The molecule has 2 heterocycles. The summed E-state index contributed by atoms with van der Waals surface area (Å²) in [5, 5.41) is 7.32. The summed E-state index contributed by atoms with van der Waals surface area (Å²) in [6.45, 7) is 2.63. The second-order valence-electron chi connectivity index (χ2n) is 4.35.